The van der Waals surface area contributed by atoms with Gasteiger partial charge >= 0.3 is 0 Å². The molecule has 1 aliphatic heterocycles. The molecule has 0 radical (unpaired) electrons. The molecule has 1 atom stereocenters. The number of rotatable bonds is 3. The number of carbonyl (C=O) groups excluding carboxylic acids is 1. The Kier molecular flexibility index (Phi) is 3.60. The van der Waals surface area contributed by atoms with Gasteiger partial charge in [-0.05, 0) is 18.6 Å². The normalized spacial score (nSPS) is 19.7. The van der Waals surface area contributed by atoms with Crippen LogP contribution >= 0.6 is 11.6 Å². The Morgan fingerprint density at radius 2 is 2.24 bits per heavy atom. The lowest BCUT2D eigenvalue weighted by molar-refractivity contribution is -0.122. The van der Waals surface area contributed by atoms with Gasteiger partial charge in [-0.25, -0.2) is 18.1 Å². The third-order valence-corrected chi connectivity index (χ3v) is 5.21. The lowest BCUT2D eigenvalue weighted by Crippen LogP contribution is -2.47. The molecule has 1 amide bonds. The number of halogens is 1. The maximum absolute atomic E-state index is 12.5. The maximum atomic E-state index is 12.5. The highest BCUT2D eigenvalue weighted by Crippen LogP contribution is 2.23. The van der Waals surface area contributed by atoms with E-state index in [0.717, 1.165) is 0 Å². The van der Waals surface area contributed by atoms with Gasteiger partial charge in [-0.1, -0.05) is 17.7 Å². The first-order valence-electron chi connectivity index (χ1n) is 6.39. The van der Waals surface area contributed by atoms with Crippen LogP contribution in [-0.2, 0) is 14.8 Å². The quantitative estimate of drug-likeness (QED) is 0.860. The first kappa shape index (κ1) is 14.3. The molecule has 2 aromatic heterocycles. The van der Waals surface area contributed by atoms with Gasteiger partial charge in [0.05, 0.1) is 0 Å². The highest BCUT2D eigenvalue weighted by molar-refractivity contribution is 7.89. The molecular formula is C12H13ClN4O3S. The fourth-order valence-corrected chi connectivity index (χ4v) is 4.21. The van der Waals surface area contributed by atoms with Crippen LogP contribution in [0, 0.1) is 0 Å². The molecule has 2 N–H and O–H groups in total. The molecule has 7 nitrogen and oxygen atoms in total. The van der Waals surface area contributed by atoms with E-state index in [9.17, 15) is 13.2 Å². The van der Waals surface area contributed by atoms with Crippen LogP contribution in [0.15, 0.2) is 29.4 Å². The van der Waals surface area contributed by atoms with Crippen molar-refractivity contribution in [2.24, 2.45) is 0 Å². The summed E-state index contributed by atoms with van der Waals surface area (Å²) in [5, 5.41) is 2.47. The van der Waals surface area contributed by atoms with Gasteiger partial charge in [0.2, 0.25) is 5.91 Å². The van der Waals surface area contributed by atoms with Gasteiger partial charge in [-0.2, -0.15) is 0 Å². The number of fused-ring (bicyclic) bond motifs is 1. The lowest BCUT2D eigenvalue weighted by Gasteiger charge is -2.23. The number of pyridine rings is 1. The second-order valence-electron chi connectivity index (χ2n) is 4.80. The molecule has 3 rings (SSSR count). The van der Waals surface area contributed by atoms with Crippen molar-refractivity contribution in [3.05, 3.63) is 29.5 Å². The predicted molar refractivity (Wildman–Crippen MR) is 76.6 cm³/mol. The van der Waals surface area contributed by atoms with Crippen molar-refractivity contribution in [2.45, 2.75) is 23.9 Å². The Morgan fingerprint density at radius 3 is 2.95 bits per heavy atom. The first-order chi connectivity index (χ1) is 9.97. The van der Waals surface area contributed by atoms with Crippen LogP contribution in [-0.4, -0.2) is 36.3 Å². The number of nitrogens with zero attached hydrogens (tertiary/aromatic N) is 2. The molecule has 0 spiro atoms. The molecule has 0 aromatic carbocycles. The average Bonchev–Trinajstić information content (AvgIpc) is 2.77. The smallest absolute Gasteiger partial charge is 0.260 e. The minimum atomic E-state index is -3.82. The number of imidazole rings is 1. The zero-order chi connectivity index (χ0) is 15.0. The number of sulfonamides is 1. The number of hydrogen-bond donors (Lipinski definition) is 2. The van der Waals surface area contributed by atoms with E-state index in [1.165, 1.54) is 4.40 Å². The molecule has 1 saturated heterocycles. The number of amides is 1. The van der Waals surface area contributed by atoms with E-state index in [1.54, 1.807) is 24.4 Å². The van der Waals surface area contributed by atoms with Gasteiger partial charge in [0.25, 0.3) is 10.0 Å². The Bertz CT molecular complexity index is 792. The van der Waals surface area contributed by atoms with Crippen LogP contribution in [0.25, 0.3) is 5.65 Å². The summed E-state index contributed by atoms with van der Waals surface area (Å²) in [4.78, 5) is 15.1. The minimum Gasteiger partial charge on any atom is -0.355 e. The van der Waals surface area contributed by atoms with Crippen molar-refractivity contribution in [1.29, 1.82) is 0 Å². The van der Waals surface area contributed by atoms with Gasteiger partial charge in [-0.3, -0.25) is 9.20 Å². The molecule has 2 aromatic rings. The fraction of sp³-hybridized carbons (Fsp3) is 0.333. The zero-order valence-electron chi connectivity index (χ0n) is 10.9. The van der Waals surface area contributed by atoms with Crippen molar-refractivity contribution in [2.75, 3.05) is 6.54 Å². The number of nitrogens with one attached hydrogen (secondary N) is 2. The van der Waals surface area contributed by atoms with E-state index < -0.39 is 10.0 Å². The van der Waals surface area contributed by atoms with Crippen LogP contribution in [0.3, 0.4) is 0 Å². The van der Waals surface area contributed by atoms with E-state index in [4.69, 9.17) is 11.6 Å². The van der Waals surface area contributed by atoms with Crippen molar-refractivity contribution < 1.29 is 13.2 Å². The Labute approximate surface area is 126 Å². The summed E-state index contributed by atoms with van der Waals surface area (Å²) in [5.74, 6) is -0.0710. The summed E-state index contributed by atoms with van der Waals surface area (Å²) in [6, 6.07) is 4.77. The first-order valence-corrected chi connectivity index (χ1v) is 8.25. The Balaban J connectivity index is 1.93. The monoisotopic (exact) mass is 328 g/mol. The number of carbonyl (C=O) groups is 1. The second-order valence-corrected chi connectivity index (χ2v) is 6.78. The zero-order valence-corrected chi connectivity index (χ0v) is 12.5. The predicted octanol–water partition coefficient (Wildman–Crippen LogP) is 0.545. The molecular weight excluding hydrogens is 316 g/mol. The van der Waals surface area contributed by atoms with Crippen molar-refractivity contribution in [1.82, 2.24) is 19.4 Å². The van der Waals surface area contributed by atoms with Crippen LogP contribution in [0.4, 0.5) is 0 Å². The van der Waals surface area contributed by atoms with Crippen LogP contribution in [0.5, 0.6) is 0 Å². The molecule has 112 valence electrons. The van der Waals surface area contributed by atoms with E-state index in [2.05, 4.69) is 15.0 Å². The second kappa shape index (κ2) is 5.28. The van der Waals surface area contributed by atoms with Crippen molar-refractivity contribution >= 4 is 33.2 Å². The van der Waals surface area contributed by atoms with Crippen LogP contribution < -0.4 is 10.0 Å². The third kappa shape index (κ3) is 2.74. The standard InChI is InChI=1S/C12H13ClN4O3S/c13-11-12(17-6-2-1-3-9(17)15-11)21(19,20)16-8-4-5-10(18)14-7-8/h1-3,6,8,16H,4-5,7H2,(H,14,18). The van der Waals surface area contributed by atoms with E-state index in [-0.39, 0.29) is 28.7 Å². The molecule has 0 aliphatic carbocycles. The summed E-state index contributed by atoms with van der Waals surface area (Å²) in [6.07, 6.45) is 2.35. The molecule has 1 fully saturated rings. The van der Waals surface area contributed by atoms with E-state index in [0.29, 0.717) is 18.5 Å². The summed E-state index contributed by atoms with van der Waals surface area (Å²) >= 11 is 5.97. The van der Waals surface area contributed by atoms with Gasteiger partial charge in [0, 0.05) is 25.2 Å². The third-order valence-electron chi connectivity index (χ3n) is 3.29. The number of piperidine rings is 1. The van der Waals surface area contributed by atoms with E-state index in [1.807, 2.05) is 0 Å². The lowest BCUT2D eigenvalue weighted by atomic mass is 10.1. The fourth-order valence-electron chi connectivity index (χ4n) is 2.29. The average molecular weight is 329 g/mol. The molecule has 1 unspecified atom stereocenters. The number of hydrogen-bond acceptors (Lipinski definition) is 4. The van der Waals surface area contributed by atoms with Gasteiger partial charge in [0.15, 0.2) is 10.2 Å². The summed E-state index contributed by atoms with van der Waals surface area (Å²) in [6.45, 7) is 0.270. The van der Waals surface area contributed by atoms with E-state index >= 15 is 0 Å². The molecule has 0 saturated carbocycles. The number of aromatic nitrogens is 2. The topological polar surface area (TPSA) is 92.6 Å². The van der Waals surface area contributed by atoms with Crippen LogP contribution in [0.2, 0.25) is 5.15 Å². The molecule has 9 heteroatoms. The summed E-state index contributed by atoms with van der Waals surface area (Å²) in [7, 11) is -3.82. The van der Waals surface area contributed by atoms with Crippen molar-refractivity contribution in [3.8, 4) is 0 Å². The van der Waals surface area contributed by atoms with Gasteiger partial charge in [0.1, 0.15) is 5.65 Å². The maximum Gasteiger partial charge on any atom is 0.260 e. The molecule has 21 heavy (non-hydrogen) atoms. The highest BCUT2D eigenvalue weighted by atomic mass is 35.5. The van der Waals surface area contributed by atoms with Gasteiger partial charge in [-0.15, -0.1) is 0 Å². The van der Waals surface area contributed by atoms with Crippen LogP contribution in [0.1, 0.15) is 12.8 Å². The molecule has 1 aliphatic rings. The molecule has 3 heterocycles. The Hall–Kier alpha value is -1.64. The summed E-state index contributed by atoms with van der Waals surface area (Å²) < 4.78 is 29.0. The highest BCUT2D eigenvalue weighted by Gasteiger charge is 2.29. The summed E-state index contributed by atoms with van der Waals surface area (Å²) in [5.41, 5.74) is 0.458. The largest absolute Gasteiger partial charge is 0.355 e. The van der Waals surface area contributed by atoms with Crippen molar-refractivity contribution in [3.63, 3.8) is 0 Å². The molecule has 0 bridgehead atoms. The van der Waals surface area contributed by atoms with Gasteiger partial charge < -0.3 is 5.32 Å². The Morgan fingerprint density at radius 1 is 1.43 bits per heavy atom. The minimum absolute atomic E-state index is 0.0710. The SMILES string of the molecule is O=C1CCC(NS(=O)(=O)c2c(Cl)nc3ccccn23)CN1.